The van der Waals surface area contributed by atoms with Gasteiger partial charge in [0.05, 0.1) is 20.6 Å². The van der Waals surface area contributed by atoms with Crippen LogP contribution < -0.4 is 16.9 Å². The van der Waals surface area contributed by atoms with Crippen LogP contribution in [0.4, 0.5) is 5.69 Å². The van der Waals surface area contributed by atoms with Crippen LogP contribution in [0.2, 0.25) is 0 Å². The lowest BCUT2D eigenvalue weighted by molar-refractivity contribution is -0.00000384. The van der Waals surface area contributed by atoms with Gasteiger partial charge < -0.3 is 12.4 Å². The van der Waals surface area contributed by atoms with Crippen molar-refractivity contribution in [2.45, 2.75) is 45.4 Å². The number of rotatable bonds is 8. The van der Waals surface area contributed by atoms with Gasteiger partial charge in [0, 0.05) is 0 Å². The van der Waals surface area contributed by atoms with E-state index in [1.807, 2.05) is 0 Å². The van der Waals surface area contributed by atoms with E-state index >= 15 is 0 Å². The minimum atomic E-state index is 0. The van der Waals surface area contributed by atoms with E-state index in [0.717, 1.165) is 4.48 Å². The van der Waals surface area contributed by atoms with Gasteiger partial charge in [0.15, 0.2) is 0 Å². The van der Waals surface area contributed by atoms with Gasteiger partial charge in [0.2, 0.25) is 0 Å². The molecule has 0 aliphatic heterocycles. The monoisotopic (exact) mass is 269 g/mol. The van der Waals surface area contributed by atoms with E-state index in [1.54, 1.807) is 0 Å². The van der Waals surface area contributed by atoms with Crippen molar-refractivity contribution in [1.82, 2.24) is 4.48 Å². The number of para-hydroxylation sites is 1. The van der Waals surface area contributed by atoms with Crippen molar-refractivity contribution in [3.8, 4) is 0 Å². The Kier molecular flexibility index (Phi) is 9.13. The SMILES string of the molecule is CCCCCCCC[N+](C)(C)c1ccccc1.[Cl-]. The first-order valence-electron chi connectivity index (χ1n) is 7.05. The summed E-state index contributed by atoms with van der Waals surface area (Å²) >= 11 is 0. The zero-order chi connectivity index (χ0) is 12.6. The Labute approximate surface area is 119 Å². The smallest absolute Gasteiger partial charge is 0.132 e. The predicted molar refractivity (Wildman–Crippen MR) is 78.3 cm³/mol. The largest absolute Gasteiger partial charge is 1.00 e. The molecule has 0 N–H and O–H groups in total. The first kappa shape index (κ1) is 17.5. The third-order valence-corrected chi connectivity index (χ3v) is 3.53. The fourth-order valence-corrected chi connectivity index (χ4v) is 2.25. The Bertz CT molecular complexity index is 295. The highest BCUT2D eigenvalue weighted by atomic mass is 35.5. The van der Waals surface area contributed by atoms with E-state index in [0.29, 0.717) is 0 Å². The van der Waals surface area contributed by atoms with Crippen LogP contribution in [-0.4, -0.2) is 20.6 Å². The highest BCUT2D eigenvalue weighted by Crippen LogP contribution is 2.19. The molecule has 0 radical (unpaired) electrons. The molecule has 0 heterocycles. The van der Waals surface area contributed by atoms with Gasteiger partial charge >= 0.3 is 0 Å². The quantitative estimate of drug-likeness (QED) is 0.497. The molecule has 0 aliphatic rings. The molecule has 1 aromatic carbocycles. The molecule has 0 atom stereocenters. The fraction of sp³-hybridized carbons (Fsp3) is 0.625. The first-order valence-corrected chi connectivity index (χ1v) is 7.05. The molecule has 1 rings (SSSR count). The van der Waals surface area contributed by atoms with Crippen LogP contribution >= 0.6 is 0 Å². The lowest BCUT2D eigenvalue weighted by atomic mass is 10.1. The summed E-state index contributed by atoms with van der Waals surface area (Å²) in [4.78, 5) is 0. The molecule has 1 aromatic rings. The van der Waals surface area contributed by atoms with Gasteiger partial charge in [0.1, 0.15) is 5.69 Å². The van der Waals surface area contributed by atoms with Crippen LogP contribution in [0.1, 0.15) is 45.4 Å². The third-order valence-electron chi connectivity index (χ3n) is 3.53. The highest BCUT2D eigenvalue weighted by Gasteiger charge is 2.17. The zero-order valence-electron chi connectivity index (χ0n) is 12.2. The van der Waals surface area contributed by atoms with Crippen LogP contribution in [-0.2, 0) is 0 Å². The standard InChI is InChI=1S/C16H28N.ClH/c1-4-5-6-7-8-12-15-17(2,3)16-13-10-9-11-14-16;/h9-11,13-14H,4-8,12,15H2,1-3H3;1H/q+1;/p-1. The maximum atomic E-state index is 2.31. The Morgan fingerprint density at radius 1 is 0.833 bits per heavy atom. The predicted octanol–water partition coefficient (Wildman–Crippen LogP) is 1.62. The molecule has 104 valence electrons. The number of hydrogen-bond donors (Lipinski definition) is 0. The molecule has 0 saturated heterocycles. The van der Waals surface area contributed by atoms with Crippen molar-refractivity contribution in [3.63, 3.8) is 0 Å². The molecule has 2 heteroatoms. The minimum Gasteiger partial charge on any atom is -1.00 e. The molecule has 0 spiro atoms. The molecular weight excluding hydrogens is 242 g/mol. The van der Waals surface area contributed by atoms with Gasteiger partial charge in [-0.1, -0.05) is 50.8 Å². The van der Waals surface area contributed by atoms with Gasteiger partial charge in [-0.2, -0.15) is 0 Å². The maximum Gasteiger partial charge on any atom is 0.132 e. The second-order valence-corrected chi connectivity index (χ2v) is 5.51. The van der Waals surface area contributed by atoms with Crippen molar-refractivity contribution >= 4 is 5.69 Å². The number of halogens is 1. The van der Waals surface area contributed by atoms with E-state index in [2.05, 4.69) is 51.4 Å². The normalized spacial score (nSPS) is 11.1. The van der Waals surface area contributed by atoms with Crippen LogP contribution in [0.5, 0.6) is 0 Å². The molecule has 0 fully saturated rings. The van der Waals surface area contributed by atoms with Crippen LogP contribution in [0.15, 0.2) is 30.3 Å². The van der Waals surface area contributed by atoms with Crippen LogP contribution in [0.3, 0.4) is 0 Å². The van der Waals surface area contributed by atoms with E-state index in [9.17, 15) is 0 Å². The molecule has 1 nitrogen and oxygen atoms in total. The molecule has 0 saturated carbocycles. The summed E-state index contributed by atoms with van der Waals surface area (Å²) in [6, 6.07) is 10.8. The molecule has 0 aliphatic carbocycles. The fourth-order valence-electron chi connectivity index (χ4n) is 2.25. The number of nitrogens with zero attached hydrogens (tertiary/aromatic N) is 1. The second-order valence-electron chi connectivity index (χ2n) is 5.51. The average Bonchev–Trinajstić information content (AvgIpc) is 2.35. The Hall–Kier alpha value is -0.530. The van der Waals surface area contributed by atoms with Crippen LogP contribution in [0.25, 0.3) is 0 Å². The van der Waals surface area contributed by atoms with Crippen molar-refractivity contribution in [3.05, 3.63) is 30.3 Å². The average molecular weight is 270 g/mol. The summed E-state index contributed by atoms with van der Waals surface area (Å²) in [5, 5.41) is 0. The van der Waals surface area contributed by atoms with Crippen molar-refractivity contribution in [1.29, 1.82) is 0 Å². The third kappa shape index (κ3) is 6.42. The number of unbranched alkanes of at least 4 members (excludes halogenated alkanes) is 5. The van der Waals surface area contributed by atoms with E-state index < -0.39 is 0 Å². The minimum absolute atomic E-state index is 0. The molecule has 0 amide bonds. The van der Waals surface area contributed by atoms with Crippen molar-refractivity contribution in [2.24, 2.45) is 0 Å². The van der Waals surface area contributed by atoms with Crippen molar-refractivity contribution in [2.75, 3.05) is 20.6 Å². The maximum absolute atomic E-state index is 2.31. The van der Waals surface area contributed by atoms with Gasteiger partial charge in [-0.25, -0.2) is 0 Å². The van der Waals surface area contributed by atoms with E-state index in [1.165, 1.54) is 50.8 Å². The van der Waals surface area contributed by atoms with Crippen molar-refractivity contribution < 1.29 is 12.4 Å². The molecule has 0 unspecified atom stereocenters. The first-order chi connectivity index (χ1) is 8.17. The van der Waals surface area contributed by atoms with Gasteiger partial charge in [-0.3, -0.25) is 4.48 Å². The summed E-state index contributed by atoms with van der Waals surface area (Å²) in [6.07, 6.45) is 8.28. The lowest BCUT2D eigenvalue weighted by Crippen LogP contribution is -3.00. The number of hydrogen-bond acceptors (Lipinski definition) is 0. The van der Waals surface area contributed by atoms with E-state index in [4.69, 9.17) is 0 Å². The molecule has 0 bridgehead atoms. The summed E-state index contributed by atoms with van der Waals surface area (Å²) in [5.74, 6) is 0. The highest BCUT2D eigenvalue weighted by molar-refractivity contribution is 5.40. The zero-order valence-corrected chi connectivity index (χ0v) is 12.9. The number of benzene rings is 1. The van der Waals surface area contributed by atoms with E-state index in [-0.39, 0.29) is 12.4 Å². The molecule has 0 aromatic heterocycles. The lowest BCUT2D eigenvalue weighted by Gasteiger charge is -2.29. The Morgan fingerprint density at radius 2 is 1.39 bits per heavy atom. The second kappa shape index (κ2) is 9.41. The molecule has 18 heavy (non-hydrogen) atoms. The summed E-state index contributed by atoms with van der Waals surface area (Å²) in [6.45, 7) is 3.52. The Morgan fingerprint density at radius 3 is 2.00 bits per heavy atom. The summed E-state index contributed by atoms with van der Waals surface area (Å²) in [5.41, 5.74) is 1.42. The summed E-state index contributed by atoms with van der Waals surface area (Å²) in [7, 11) is 4.61. The van der Waals surface area contributed by atoms with Crippen LogP contribution in [0, 0.1) is 0 Å². The van der Waals surface area contributed by atoms with Gasteiger partial charge in [-0.15, -0.1) is 0 Å². The summed E-state index contributed by atoms with van der Waals surface area (Å²) < 4.78 is 1.01. The number of quaternary nitrogens is 1. The van der Waals surface area contributed by atoms with Gasteiger partial charge in [-0.05, 0) is 25.0 Å². The van der Waals surface area contributed by atoms with Gasteiger partial charge in [0.25, 0.3) is 0 Å². The topological polar surface area (TPSA) is 0 Å². The molecular formula is C16H28ClN. The Balaban J connectivity index is 0.00000289.